The highest BCUT2D eigenvalue weighted by atomic mass is 16.5. The Balaban J connectivity index is 1.95. The van der Waals surface area contributed by atoms with Crippen LogP contribution in [0.1, 0.15) is 32.6 Å². The summed E-state index contributed by atoms with van der Waals surface area (Å²) in [6.07, 6.45) is 5.04. The highest BCUT2D eigenvalue weighted by Crippen LogP contribution is 2.36. The van der Waals surface area contributed by atoms with Gasteiger partial charge >= 0.3 is 0 Å². The molecule has 2 heteroatoms. The predicted octanol–water partition coefficient (Wildman–Crippen LogP) is 1.90. The second-order valence-electron chi connectivity index (χ2n) is 4.93. The highest BCUT2D eigenvalue weighted by molar-refractivity contribution is 4.90. The molecule has 0 aromatic heterocycles. The maximum Gasteiger partial charge on any atom is 0.0709 e. The molecule has 2 rings (SSSR count). The van der Waals surface area contributed by atoms with Crippen LogP contribution in [0, 0.1) is 5.92 Å². The zero-order valence-corrected chi connectivity index (χ0v) is 8.88. The van der Waals surface area contributed by atoms with Gasteiger partial charge in [0.2, 0.25) is 0 Å². The van der Waals surface area contributed by atoms with E-state index in [9.17, 15) is 0 Å². The van der Waals surface area contributed by atoms with Gasteiger partial charge in [0.15, 0.2) is 0 Å². The molecule has 2 aliphatic heterocycles. The molecule has 0 aliphatic carbocycles. The average molecular weight is 183 g/mol. The third-order valence-electron chi connectivity index (χ3n) is 3.64. The highest BCUT2D eigenvalue weighted by Gasteiger charge is 2.38. The SMILES string of the molecule is C[C@@H]1CCOC2(CCN(C)CC2)C1. The largest absolute Gasteiger partial charge is 0.375 e. The fourth-order valence-electron chi connectivity index (χ4n) is 2.65. The van der Waals surface area contributed by atoms with Gasteiger partial charge in [-0.2, -0.15) is 0 Å². The normalized spacial score (nSPS) is 35.1. The monoisotopic (exact) mass is 183 g/mol. The average Bonchev–Trinajstić information content (AvgIpc) is 2.11. The Hall–Kier alpha value is -0.0800. The summed E-state index contributed by atoms with van der Waals surface area (Å²) in [5.41, 5.74) is 0.268. The van der Waals surface area contributed by atoms with Crippen molar-refractivity contribution in [3.05, 3.63) is 0 Å². The third-order valence-corrected chi connectivity index (χ3v) is 3.64. The maximum absolute atomic E-state index is 6.00. The van der Waals surface area contributed by atoms with E-state index in [-0.39, 0.29) is 5.60 Å². The molecule has 0 aromatic rings. The molecule has 0 saturated carbocycles. The minimum atomic E-state index is 0.268. The molecular formula is C11H21NO. The molecule has 2 fully saturated rings. The van der Waals surface area contributed by atoms with Gasteiger partial charge in [-0.15, -0.1) is 0 Å². The summed E-state index contributed by atoms with van der Waals surface area (Å²) in [6, 6.07) is 0. The Kier molecular flexibility index (Phi) is 2.61. The summed E-state index contributed by atoms with van der Waals surface area (Å²) in [7, 11) is 2.21. The first-order valence-electron chi connectivity index (χ1n) is 5.53. The van der Waals surface area contributed by atoms with Crippen molar-refractivity contribution >= 4 is 0 Å². The molecule has 0 radical (unpaired) electrons. The van der Waals surface area contributed by atoms with Gasteiger partial charge in [0, 0.05) is 19.7 Å². The first-order valence-corrected chi connectivity index (χ1v) is 5.53. The molecule has 76 valence electrons. The van der Waals surface area contributed by atoms with Gasteiger partial charge in [-0.3, -0.25) is 0 Å². The first-order chi connectivity index (χ1) is 6.20. The third kappa shape index (κ3) is 2.05. The Morgan fingerprint density at radius 1 is 1.31 bits per heavy atom. The van der Waals surface area contributed by atoms with Crippen LogP contribution in [0.15, 0.2) is 0 Å². The van der Waals surface area contributed by atoms with E-state index >= 15 is 0 Å². The summed E-state index contributed by atoms with van der Waals surface area (Å²) in [6.45, 7) is 5.78. The van der Waals surface area contributed by atoms with E-state index in [4.69, 9.17) is 4.74 Å². The molecule has 0 unspecified atom stereocenters. The van der Waals surface area contributed by atoms with Gasteiger partial charge in [-0.1, -0.05) is 6.92 Å². The molecule has 2 saturated heterocycles. The fourth-order valence-corrected chi connectivity index (χ4v) is 2.65. The number of ether oxygens (including phenoxy) is 1. The van der Waals surface area contributed by atoms with Gasteiger partial charge in [0.05, 0.1) is 5.60 Å². The molecule has 2 aliphatic rings. The van der Waals surface area contributed by atoms with Crippen molar-refractivity contribution in [1.29, 1.82) is 0 Å². The molecule has 2 nitrogen and oxygen atoms in total. The molecule has 0 amide bonds. The van der Waals surface area contributed by atoms with E-state index in [1.54, 1.807) is 0 Å². The molecule has 0 N–H and O–H groups in total. The number of hydrogen-bond acceptors (Lipinski definition) is 2. The van der Waals surface area contributed by atoms with Crippen LogP contribution in [-0.2, 0) is 4.74 Å². The van der Waals surface area contributed by atoms with Crippen LogP contribution in [0.25, 0.3) is 0 Å². The molecule has 0 bridgehead atoms. The van der Waals surface area contributed by atoms with Crippen LogP contribution in [0.4, 0.5) is 0 Å². The van der Waals surface area contributed by atoms with Crippen LogP contribution in [-0.4, -0.2) is 37.2 Å². The lowest BCUT2D eigenvalue weighted by molar-refractivity contribution is -0.122. The second-order valence-corrected chi connectivity index (χ2v) is 4.93. The van der Waals surface area contributed by atoms with E-state index in [1.807, 2.05) is 0 Å². The molecule has 13 heavy (non-hydrogen) atoms. The zero-order chi connectivity index (χ0) is 9.31. The van der Waals surface area contributed by atoms with Gasteiger partial charge in [-0.05, 0) is 38.6 Å². The number of piperidine rings is 1. The molecule has 1 atom stereocenters. The molecular weight excluding hydrogens is 162 g/mol. The van der Waals surface area contributed by atoms with E-state index in [0.717, 1.165) is 12.5 Å². The van der Waals surface area contributed by atoms with E-state index in [2.05, 4.69) is 18.9 Å². The summed E-state index contributed by atoms with van der Waals surface area (Å²) in [5, 5.41) is 0. The summed E-state index contributed by atoms with van der Waals surface area (Å²) < 4.78 is 6.00. The van der Waals surface area contributed by atoms with E-state index in [0.29, 0.717) is 0 Å². The van der Waals surface area contributed by atoms with Crippen LogP contribution in [0.5, 0.6) is 0 Å². The molecule has 1 spiro atoms. The van der Waals surface area contributed by atoms with Crippen molar-refractivity contribution in [2.75, 3.05) is 26.7 Å². The van der Waals surface area contributed by atoms with Crippen molar-refractivity contribution in [3.8, 4) is 0 Å². The lowest BCUT2D eigenvalue weighted by Gasteiger charge is -2.45. The van der Waals surface area contributed by atoms with Crippen molar-refractivity contribution in [3.63, 3.8) is 0 Å². The van der Waals surface area contributed by atoms with Crippen LogP contribution < -0.4 is 0 Å². The standard InChI is InChI=1S/C11H21NO/c1-10-3-8-13-11(9-10)4-6-12(2)7-5-11/h10H,3-9H2,1-2H3/t10-/m1/s1. The summed E-state index contributed by atoms with van der Waals surface area (Å²) >= 11 is 0. The summed E-state index contributed by atoms with van der Waals surface area (Å²) in [4.78, 5) is 2.41. The second kappa shape index (κ2) is 3.58. The Labute approximate surface area is 81.3 Å². The predicted molar refractivity (Wildman–Crippen MR) is 53.8 cm³/mol. The maximum atomic E-state index is 6.00. The van der Waals surface area contributed by atoms with Gasteiger partial charge in [0.25, 0.3) is 0 Å². The van der Waals surface area contributed by atoms with Gasteiger partial charge < -0.3 is 9.64 Å². The topological polar surface area (TPSA) is 12.5 Å². The number of rotatable bonds is 0. The van der Waals surface area contributed by atoms with Crippen molar-refractivity contribution < 1.29 is 4.74 Å². The van der Waals surface area contributed by atoms with Gasteiger partial charge in [-0.25, -0.2) is 0 Å². The smallest absolute Gasteiger partial charge is 0.0709 e. The van der Waals surface area contributed by atoms with Gasteiger partial charge in [0.1, 0.15) is 0 Å². The fraction of sp³-hybridized carbons (Fsp3) is 1.00. The van der Waals surface area contributed by atoms with E-state index < -0.39 is 0 Å². The van der Waals surface area contributed by atoms with Crippen LogP contribution in [0.2, 0.25) is 0 Å². The van der Waals surface area contributed by atoms with Crippen LogP contribution >= 0.6 is 0 Å². The van der Waals surface area contributed by atoms with Crippen molar-refractivity contribution in [2.45, 2.75) is 38.2 Å². The zero-order valence-electron chi connectivity index (χ0n) is 8.88. The minimum Gasteiger partial charge on any atom is -0.375 e. The Morgan fingerprint density at radius 2 is 2.00 bits per heavy atom. The van der Waals surface area contributed by atoms with Crippen LogP contribution in [0.3, 0.4) is 0 Å². The lowest BCUT2D eigenvalue weighted by Crippen LogP contribution is -2.48. The van der Waals surface area contributed by atoms with Crippen molar-refractivity contribution in [1.82, 2.24) is 4.90 Å². The lowest BCUT2D eigenvalue weighted by atomic mass is 9.80. The Bertz CT molecular complexity index is 173. The number of hydrogen-bond donors (Lipinski definition) is 0. The molecule has 2 heterocycles. The quantitative estimate of drug-likeness (QED) is 0.568. The number of nitrogens with zero attached hydrogens (tertiary/aromatic N) is 1. The minimum absolute atomic E-state index is 0.268. The number of likely N-dealkylation sites (tertiary alicyclic amines) is 1. The van der Waals surface area contributed by atoms with E-state index in [1.165, 1.54) is 38.8 Å². The van der Waals surface area contributed by atoms with Crippen molar-refractivity contribution in [2.24, 2.45) is 5.92 Å². The molecule has 0 aromatic carbocycles. The first kappa shape index (κ1) is 9.47. The Morgan fingerprint density at radius 3 is 2.62 bits per heavy atom. The summed E-state index contributed by atoms with van der Waals surface area (Å²) in [5.74, 6) is 0.872.